The smallest absolute Gasteiger partial charge is 0.313 e. The predicted octanol–water partition coefficient (Wildman–Crippen LogP) is 1.22. The van der Waals surface area contributed by atoms with Gasteiger partial charge in [0, 0.05) is 14.1 Å². The summed E-state index contributed by atoms with van der Waals surface area (Å²) < 4.78 is 4.93. The summed E-state index contributed by atoms with van der Waals surface area (Å²) in [5.74, 6) is -1.06. The maximum Gasteiger partial charge on any atom is 0.313 e. The molecule has 1 rings (SSSR count). The number of hydrogen-bond donors (Lipinski definition) is 0. The second kappa shape index (κ2) is 6.03. The zero-order valence-corrected chi connectivity index (χ0v) is 10.3. The van der Waals surface area contributed by atoms with E-state index >= 15 is 0 Å². The molecule has 0 aliphatic rings. The fourth-order valence-electron chi connectivity index (χ4n) is 1.19. The Morgan fingerprint density at radius 2 is 2.12 bits per heavy atom. The molecule has 1 atom stereocenters. The summed E-state index contributed by atoms with van der Waals surface area (Å²) >= 11 is 0. The van der Waals surface area contributed by atoms with E-state index in [9.17, 15) is 9.59 Å². The minimum absolute atomic E-state index is 0.219. The molecule has 91 valence electrons. The van der Waals surface area contributed by atoms with Gasteiger partial charge >= 0.3 is 5.97 Å². The van der Waals surface area contributed by atoms with Gasteiger partial charge in [-0.05, 0) is 18.6 Å². The van der Waals surface area contributed by atoms with Crippen molar-refractivity contribution < 1.29 is 14.3 Å². The minimum Gasteiger partial charge on any atom is -0.455 e. The normalized spacial score (nSPS) is 11.7. The van der Waals surface area contributed by atoms with Gasteiger partial charge in [0.1, 0.15) is 0 Å². The highest BCUT2D eigenvalue weighted by molar-refractivity contribution is 5.82. The molecule has 4 nitrogen and oxygen atoms in total. The third-order valence-corrected chi connectivity index (χ3v) is 2.39. The fraction of sp³-hybridized carbons (Fsp3) is 0.385. The van der Waals surface area contributed by atoms with Crippen molar-refractivity contribution in [3.63, 3.8) is 0 Å². The van der Waals surface area contributed by atoms with Crippen LogP contribution in [-0.2, 0) is 14.3 Å². The van der Waals surface area contributed by atoms with Crippen LogP contribution in [0.15, 0.2) is 24.3 Å². The van der Waals surface area contributed by atoms with Crippen molar-refractivity contribution in [2.24, 2.45) is 0 Å². The van der Waals surface area contributed by atoms with E-state index in [4.69, 9.17) is 4.74 Å². The van der Waals surface area contributed by atoms with Gasteiger partial charge in [-0.25, -0.2) is 0 Å². The third kappa shape index (κ3) is 3.90. The largest absolute Gasteiger partial charge is 0.455 e. The molecule has 0 N–H and O–H groups in total. The van der Waals surface area contributed by atoms with Gasteiger partial charge in [0.25, 0.3) is 5.91 Å². The average molecular weight is 234 g/mol. The Morgan fingerprint density at radius 3 is 2.65 bits per heavy atom. The number of amides is 1. The number of ether oxygens (including phenoxy) is 1. The van der Waals surface area contributed by atoms with Gasteiger partial charge in [0.15, 0.2) is 6.61 Å². The number of benzene rings is 1. The summed E-state index contributed by atoms with van der Waals surface area (Å²) in [6.45, 7) is 1.51. The van der Waals surface area contributed by atoms with Crippen molar-refractivity contribution in [2.45, 2.75) is 12.8 Å². The van der Waals surface area contributed by atoms with E-state index in [0.717, 1.165) is 5.56 Å². The molecule has 0 saturated carbocycles. The molecule has 1 amide bonds. The third-order valence-electron chi connectivity index (χ3n) is 2.39. The van der Waals surface area contributed by atoms with Crippen LogP contribution in [0.25, 0.3) is 0 Å². The van der Waals surface area contributed by atoms with Gasteiger partial charge in [-0.1, -0.05) is 24.3 Å². The van der Waals surface area contributed by atoms with Gasteiger partial charge in [-0.3, -0.25) is 9.59 Å². The van der Waals surface area contributed by atoms with Crippen molar-refractivity contribution in [1.29, 1.82) is 0 Å². The van der Waals surface area contributed by atoms with Crippen molar-refractivity contribution in [3.05, 3.63) is 35.9 Å². The van der Waals surface area contributed by atoms with Crippen molar-refractivity contribution >= 4 is 11.9 Å². The molecule has 1 aromatic carbocycles. The molecule has 0 bridgehead atoms. The number of likely N-dealkylation sites (N-methyl/N-ethyl adjacent to an activating group) is 1. The molecular formula is C13H16NO3. The quantitative estimate of drug-likeness (QED) is 0.736. The Balaban J connectivity index is 2.51. The number of rotatable bonds is 4. The molecule has 4 heteroatoms. The highest BCUT2D eigenvalue weighted by Crippen LogP contribution is 2.15. The molecule has 17 heavy (non-hydrogen) atoms. The summed E-state index contributed by atoms with van der Waals surface area (Å²) in [6.07, 6.45) is 0. The number of carbonyl (C=O) groups excluding carboxylic acids is 2. The Bertz CT molecular complexity index is 387. The molecule has 0 heterocycles. The van der Waals surface area contributed by atoms with Crippen LogP contribution >= 0.6 is 0 Å². The highest BCUT2D eigenvalue weighted by Gasteiger charge is 2.18. The lowest BCUT2D eigenvalue weighted by Crippen LogP contribution is -2.28. The second-order valence-corrected chi connectivity index (χ2v) is 3.94. The van der Waals surface area contributed by atoms with Crippen LogP contribution in [0.1, 0.15) is 18.4 Å². The van der Waals surface area contributed by atoms with Crippen LogP contribution in [0.4, 0.5) is 0 Å². The number of esters is 1. The van der Waals surface area contributed by atoms with Gasteiger partial charge in [-0.2, -0.15) is 0 Å². The molecule has 0 fully saturated rings. The molecule has 1 unspecified atom stereocenters. The van der Waals surface area contributed by atoms with Crippen LogP contribution in [0, 0.1) is 6.07 Å². The number of carbonyl (C=O) groups is 2. The minimum atomic E-state index is -0.414. The average Bonchev–Trinajstić information content (AvgIpc) is 2.35. The zero-order chi connectivity index (χ0) is 12.8. The summed E-state index contributed by atoms with van der Waals surface area (Å²) in [6, 6.07) is 10.2. The Kier molecular flexibility index (Phi) is 4.69. The van der Waals surface area contributed by atoms with E-state index in [0.29, 0.717) is 0 Å². The maximum absolute atomic E-state index is 11.7. The first-order chi connectivity index (χ1) is 8.02. The van der Waals surface area contributed by atoms with E-state index in [1.807, 2.05) is 12.1 Å². The van der Waals surface area contributed by atoms with Gasteiger partial charge in [0.2, 0.25) is 0 Å². The van der Waals surface area contributed by atoms with E-state index in [2.05, 4.69) is 6.07 Å². The maximum atomic E-state index is 11.7. The van der Waals surface area contributed by atoms with Crippen LogP contribution in [-0.4, -0.2) is 37.5 Å². The van der Waals surface area contributed by atoms with Crippen LogP contribution in [0.3, 0.4) is 0 Å². The standard InChI is InChI=1S/C13H16NO3/c1-10(11-7-5-4-6-8-11)13(16)17-9-12(15)14(2)3/h4-7,10H,9H2,1-3H3. The Hall–Kier alpha value is -1.84. The van der Waals surface area contributed by atoms with E-state index < -0.39 is 11.9 Å². The SMILES string of the molecule is CC(C(=O)OCC(=O)N(C)C)c1[c]cccc1. The van der Waals surface area contributed by atoms with Gasteiger partial charge in [-0.15, -0.1) is 0 Å². The summed E-state index contributed by atoms with van der Waals surface area (Å²) in [4.78, 5) is 24.3. The van der Waals surface area contributed by atoms with Crippen molar-refractivity contribution in [3.8, 4) is 0 Å². The molecule has 0 spiro atoms. The molecule has 0 aliphatic carbocycles. The molecule has 1 aromatic rings. The highest BCUT2D eigenvalue weighted by atomic mass is 16.5. The fourth-order valence-corrected chi connectivity index (χ4v) is 1.19. The Labute approximate surface area is 101 Å². The lowest BCUT2D eigenvalue weighted by molar-refractivity contribution is -0.152. The summed E-state index contributed by atoms with van der Waals surface area (Å²) in [5, 5.41) is 0. The van der Waals surface area contributed by atoms with E-state index in [1.165, 1.54) is 4.90 Å². The zero-order valence-electron chi connectivity index (χ0n) is 10.3. The van der Waals surface area contributed by atoms with Gasteiger partial charge in [0.05, 0.1) is 5.92 Å². The lowest BCUT2D eigenvalue weighted by Gasteiger charge is -2.13. The number of nitrogens with zero attached hydrogens (tertiary/aromatic N) is 1. The number of hydrogen-bond acceptors (Lipinski definition) is 3. The molecular weight excluding hydrogens is 218 g/mol. The second-order valence-electron chi connectivity index (χ2n) is 3.94. The van der Waals surface area contributed by atoms with Crippen LogP contribution in [0.2, 0.25) is 0 Å². The van der Waals surface area contributed by atoms with Crippen LogP contribution in [0.5, 0.6) is 0 Å². The molecule has 0 aromatic heterocycles. The predicted molar refractivity (Wildman–Crippen MR) is 63.3 cm³/mol. The van der Waals surface area contributed by atoms with E-state index in [1.54, 1.807) is 33.2 Å². The van der Waals surface area contributed by atoms with Crippen molar-refractivity contribution in [2.75, 3.05) is 20.7 Å². The lowest BCUT2D eigenvalue weighted by atomic mass is 10.0. The molecule has 0 aliphatic heterocycles. The monoisotopic (exact) mass is 234 g/mol. The van der Waals surface area contributed by atoms with Gasteiger partial charge < -0.3 is 9.64 Å². The first-order valence-electron chi connectivity index (χ1n) is 5.35. The first-order valence-corrected chi connectivity index (χ1v) is 5.35. The first kappa shape index (κ1) is 13.2. The Morgan fingerprint density at radius 1 is 1.41 bits per heavy atom. The molecule has 1 radical (unpaired) electrons. The van der Waals surface area contributed by atoms with Crippen LogP contribution < -0.4 is 0 Å². The topological polar surface area (TPSA) is 46.6 Å². The summed E-state index contributed by atoms with van der Waals surface area (Å²) in [7, 11) is 3.23. The van der Waals surface area contributed by atoms with E-state index in [-0.39, 0.29) is 12.5 Å². The summed E-state index contributed by atoms with van der Waals surface area (Å²) in [5.41, 5.74) is 0.759. The molecule has 0 saturated heterocycles. The van der Waals surface area contributed by atoms with Crippen molar-refractivity contribution in [1.82, 2.24) is 4.90 Å².